The SMILES string of the molecule is COc1cc(C=O)c(O)c(Cl)c1OC. The molecule has 0 amide bonds. The molecule has 0 spiro atoms. The minimum Gasteiger partial charge on any atom is -0.505 e. The van der Waals surface area contributed by atoms with E-state index in [1.807, 2.05) is 0 Å². The molecular formula is C9H9ClO4. The van der Waals surface area contributed by atoms with E-state index in [4.69, 9.17) is 21.1 Å². The first-order chi connectivity index (χ1) is 6.65. The summed E-state index contributed by atoms with van der Waals surface area (Å²) >= 11 is 5.75. The van der Waals surface area contributed by atoms with Crippen LogP contribution in [0.15, 0.2) is 6.07 Å². The zero-order chi connectivity index (χ0) is 10.7. The van der Waals surface area contributed by atoms with E-state index in [2.05, 4.69) is 0 Å². The van der Waals surface area contributed by atoms with Crippen molar-refractivity contribution in [2.45, 2.75) is 0 Å². The summed E-state index contributed by atoms with van der Waals surface area (Å²) in [5, 5.41) is 9.40. The zero-order valence-electron chi connectivity index (χ0n) is 7.70. The molecule has 5 heteroatoms. The first kappa shape index (κ1) is 10.7. The van der Waals surface area contributed by atoms with Gasteiger partial charge in [-0.05, 0) is 6.07 Å². The smallest absolute Gasteiger partial charge is 0.183 e. The van der Waals surface area contributed by atoms with Gasteiger partial charge in [-0.15, -0.1) is 0 Å². The molecule has 0 aliphatic heterocycles. The summed E-state index contributed by atoms with van der Waals surface area (Å²) in [5.41, 5.74) is 0.0626. The van der Waals surface area contributed by atoms with Gasteiger partial charge in [0.25, 0.3) is 0 Å². The molecule has 0 atom stereocenters. The van der Waals surface area contributed by atoms with Crippen LogP contribution >= 0.6 is 11.6 Å². The Labute approximate surface area is 86.0 Å². The number of methoxy groups -OCH3 is 2. The molecule has 4 nitrogen and oxygen atoms in total. The monoisotopic (exact) mass is 216 g/mol. The van der Waals surface area contributed by atoms with E-state index in [-0.39, 0.29) is 22.1 Å². The summed E-state index contributed by atoms with van der Waals surface area (Å²) in [4.78, 5) is 10.5. The lowest BCUT2D eigenvalue weighted by Gasteiger charge is -2.11. The highest BCUT2D eigenvalue weighted by molar-refractivity contribution is 6.34. The summed E-state index contributed by atoms with van der Waals surface area (Å²) in [6.07, 6.45) is 0.489. The second kappa shape index (κ2) is 4.19. The number of hydrogen-bond acceptors (Lipinski definition) is 4. The van der Waals surface area contributed by atoms with Crippen LogP contribution in [0.1, 0.15) is 10.4 Å². The number of phenolic OH excluding ortho intramolecular Hbond substituents is 1. The highest BCUT2D eigenvalue weighted by Crippen LogP contribution is 2.42. The molecule has 0 aliphatic rings. The predicted molar refractivity (Wildman–Crippen MR) is 51.6 cm³/mol. The summed E-state index contributed by atoms with van der Waals surface area (Å²) < 4.78 is 9.85. The highest BCUT2D eigenvalue weighted by Gasteiger charge is 2.16. The summed E-state index contributed by atoms with van der Waals surface area (Å²) in [6.45, 7) is 0. The van der Waals surface area contributed by atoms with Gasteiger partial charge in [0.05, 0.1) is 19.8 Å². The topological polar surface area (TPSA) is 55.8 Å². The Hall–Kier alpha value is -1.42. The van der Waals surface area contributed by atoms with Crippen molar-refractivity contribution in [1.29, 1.82) is 0 Å². The van der Waals surface area contributed by atoms with Crippen molar-refractivity contribution in [3.8, 4) is 17.2 Å². The molecule has 76 valence electrons. The number of halogens is 1. The maximum absolute atomic E-state index is 10.5. The maximum Gasteiger partial charge on any atom is 0.183 e. The van der Waals surface area contributed by atoms with Crippen molar-refractivity contribution < 1.29 is 19.4 Å². The second-order valence-corrected chi connectivity index (χ2v) is 2.86. The number of hydrogen-bond donors (Lipinski definition) is 1. The maximum atomic E-state index is 10.5. The van der Waals surface area contributed by atoms with Crippen molar-refractivity contribution in [3.63, 3.8) is 0 Å². The number of carbonyl (C=O) groups excluding carboxylic acids is 1. The van der Waals surface area contributed by atoms with Gasteiger partial charge >= 0.3 is 0 Å². The van der Waals surface area contributed by atoms with E-state index in [9.17, 15) is 9.90 Å². The van der Waals surface area contributed by atoms with Gasteiger partial charge < -0.3 is 14.6 Å². The fourth-order valence-corrected chi connectivity index (χ4v) is 1.33. The van der Waals surface area contributed by atoms with Gasteiger partial charge in [-0.2, -0.15) is 0 Å². The number of aromatic hydroxyl groups is 1. The quantitative estimate of drug-likeness (QED) is 0.784. The van der Waals surface area contributed by atoms with E-state index in [1.54, 1.807) is 0 Å². The lowest BCUT2D eigenvalue weighted by molar-refractivity contribution is 0.112. The molecule has 0 heterocycles. The predicted octanol–water partition coefficient (Wildman–Crippen LogP) is 1.88. The first-order valence-electron chi connectivity index (χ1n) is 3.74. The Balaban J connectivity index is 3.45. The van der Waals surface area contributed by atoms with Gasteiger partial charge in [-0.1, -0.05) is 11.6 Å². The number of ether oxygens (including phenoxy) is 2. The third kappa shape index (κ3) is 1.61. The van der Waals surface area contributed by atoms with Crippen LogP contribution in [0, 0.1) is 0 Å². The Bertz CT molecular complexity index is 362. The van der Waals surface area contributed by atoms with Gasteiger partial charge in [-0.3, -0.25) is 4.79 Å². The van der Waals surface area contributed by atoms with E-state index >= 15 is 0 Å². The Morgan fingerprint density at radius 1 is 1.43 bits per heavy atom. The third-order valence-corrected chi connectivity index (χ3v) is 2.09. The molecule has 0 saturated carbocycles. The third-order valence-electron chi connectivity index (χ3n) is 1.74. The number of carbonyl (C=O) groups is 1. The van der Waals surface area contributed by atoms with Gasteiger partial charge in [-0.25, -0.2) is 0 Å². The molecule has 0 bridgehead atoms. The van der Waals surface area contributed by atoms with Crippen LogP contribution in [-0.4, -0.2) is 25.6 Å². The lowest BCUT2D eigenvalue weighted by Crippen LogP contribution is -1.94. The number of rotatable bonds is 3. The summed E-state index contributed by atoms with van der Waals surface area (Å²) in [6, 6.07) is 1.35. The van der Waals surface area contributed by atoms with E-state index in [0.29, 0.717) is 12.0 Å². The molecule has 1 N–H and O–H groups in total. The fourth-order valence-electron chi connectivity index (χ4n) is 1.05. The van der Waals surface area contributed by atoms with E-state index in [0.717, 1.165) is 0 Å². The van der Waals surface area contributed by atoms with Crippen molar-refractivity contribution in [2.24, 2.45) is 0 Å². The number of aldehydes is 1. The first-order valence-corrected chi connectivity index (χ1v) is 4.12. The van der Waals surface area contributed by atoms with Crippen molar-refractivity contribution >= 4 is 17.9 Å². The largest absolute Gasteiger partial charge is 0.505 e. The molecular weight excluding hydrogens is 208 g/mol. The Morgan fingerprint density at radius 2 is 2.07 bits per heavy atom. The van der Waals surface area contributed by atoms with Crippen LogP contribution in [0.4, 0.5) is 0 Å². The van der Waals surface area contributed by atoms with Crippen molar-refractivity contribution in [1.82, 2.24) is 0 Å². The van der Waals surface area contributed by atoms with Crippen LogP contribution in [0.2, 0.25) is 5.02 Å². The number of phenols is 1. The molecule has 0 unspecified atom stereocenters. The van der Waals surface area contributed by atoms with Crippen LogP contribution < -0.4 is 9.47 Å². The average Bonchev–Trinajstić information content (AvgIpc) is 2.21. The van der Waals surface area contributed by atoms with Gasteiger partial charge in [0, 0.05) is 0 Å². The van der Waals surface area contributed by atoms with Crippen molar-refractivity contribution in [2.75, 3.05) is 14.2 Å². The Kier molecular flexibility index (Phi) is 3.19. The average molecular weight is 217 g/mol. The molecule has 0 aromatic heterocycles. The fraction of sp³-hybridized carbons (Fsp3) is 0.222. The lowest BCUT2D eigenvalue weighted by atomic mass is 10.2. The van der Waals surface area contributed by atoms with Crippen LogP contribution in [-0.2, 0) is 0 Å². The van der Waals surface area contributed by atoms with E-state index in [1.165, 1.54) is 20.3 Å². The minimum absolute atomic E-state index is 0.0334. The van der Waals surface area contributed by atoms with Gasteiger partial charge in [0.1, 0.15) is 10.8 Å². The van der Waals surface area contributed by atoms with Crippen LogP contribution in [0.5, 0.6) is 17.2 Å². The van der Waals surface area contributed by atoms with E-state index < -0.39 is 0 Å². The van der Waals surface area contributed by atoms with Crippen LogP contribution in [0.25, 0.3) is 0 Å². The second-order valence-electron chi connectivity index (χ2n) is 2.48. The summed E-state index contributed by atoms with van der Waals surface area (Å²) in [5.74, 6) is 0.203. The van der Waals surface area contributed by atoms with Crippen LogP contribution in [0.3, 0.4) is 0 Å². The molecule has 1 rings (SSSR count). The standard InChI is InChI=1S/C9H9ClO4/c1-13-6-3-5(4-11)8(12)7(10)9(6)14-2/h3-4,12H,1-2H3. The molecule has 1 aromatic rings. The molecule has 0 radical (unpaired) electrons. The highest BCUT2D eigenvalue weighted by atomic mass is 35.5. The van der Waals surface area contributed by atoms with Gasteiger partial charge in [0.2, 0.25) is 0 Å². The van der Waals surface area contributed by atoms with Crippen molar-refractivity contribution in [3.05, 3.63) is 16.7 Å². The molecule has 0 aliphatic carbocycles. The minimum atomic E-state index is -0.306. The normalized spacial score (nSPS) is 9.64. The summed E-state index contributed by atoms with van der Waals surface area (Å²) in [7, 11) is 2.81. The molecule has 14 heavy (non-hydrogen) atoms. The molecule has 0 saturated heterocycles. The zero-order valence-corrected chi connectivity index (χ0v) is 8.46. The van der Waals surface area contributed by atoms with Gasteiger partial charge in [0.15, 0.2) is 17.8 Å². The Morgan fingerprint density at radius 3 is 2.50 bits per heavy atom. The molecule has 1 aromatic carbocycles. The molecule has 0 fully saturated rings. The number of benzene rings is 1.